The van der Waals surface area contributed by atoms with Gasteiger partial charge in [-0.1, -0.05) is 42.0 Å². The minimum Gasteiger partial charge on any atom is -0.496 e. The van der Waals surface area contributed by atoms with E-state index in [4.69, 9.17) is 4.74 Å². The summed E-state index contributed by atoms with van der Waals surface area (Å²) in [4.78, 5) is 13.3. The van der Waals surface area contributed by atoms with Gasteiger partial charge in [0.2, 0.25) is 5.91 Å². The predicted octanol–water partition coefficient (Wildman–Crippen LogP) is 5.85. The maximum Gasteiger partial charge on any atom is 0.264 e. The van der Waals surface area contributed by atoms with Gasteiger partial charge < -0.3 is 10.1 Å². The number of carbonyl (C=O) groups excluding carboxylic acids is 1. The third-order valence-corrected chi connectivity index (χ3v) is 8.86. The van der Waals surface area contributed by atoms with Crippen molar-refractivity contribution in [3.63, 3.8) is 0 Å². The minimum atomic E-state index is -4.06. The van der Waals surface area contributed by atoms with Crippen LogP contribution in [0, 0.1) is 6.92 Å². The number of hydrogen-bond acceptors (Lipinski definition) is 4. The topological polar surface area (TPSA) is 75.7 Å². The van der Waals surface area contributed by atoms with Crippen molar-refractivity contribution < 1.29 is 17.9 Å². The Bertz CT molecular complexity index is 1570. The van der Waals surface area contributed by atoms with E-state index in [1.807, 2.05) is 43.3 Å². The average Bonchev–Trinajstić information content (AvgIpc) is 3.29. The highest BCUT2D eigenvalue weighted by atomic mass is 79.9. The fourth-order valence-corrected chi connectivity index (χ4v) is 6.78. The molecule has 0 unspecified atom stereocenters. The summed E-state index contributed by atoms with van der Waals surface area (Å²) in [6.07, 6.45) is 1.97. The highest BCUT2D eigenvalue weighted by Gasteiger charge is 2.28. The Morgan fingerprint density at radius 2 is 1.72 bits per heavy atom. The molecular weight excluding hydrogens is 540 g/mol. The summed E-state index contributed by atoms with van der Waals surface area (Å²) in [6, 6.07) is 21.6. The zero-order chi connectivity index (χ0) is 25.4. The Kier molecular flexibility index (Phi) is 6.49. The van der Waals surface area contributed by atoms with Crippen LogP contribution in [0.2, 0.25) is 0 Å². The van der Waals surface area contributed by atoms with Crippen LogP contribution >= 0.6 is 15.9 Å². The molecule has 4 aromatic carbocycles. The zero-order valence-electron chi connectivity index (χ0n) is 19.9. The summed E-state index contributed by atoms with van der Waals surface area (Å²) in [5.41, 5.74) is 4.61. The van der Waals surface area contributed by atoms with Crippen molar-refractivity contribution >= 4 is 54.0 Å². The van der Waals surface area contributed by atoms with E-state index in [9.17, 15) is 13.2 Å². The fourth-order valence-electron chi connectivity index (χ4n) is 4.64. The van der Waals surface area contributed by atoms with Gasteiger partial charge >= 0.3 is 0 Å². The van der Waals surface area contributed by atoms with Gasteiger partial charge in [0.25, 0.3) is 10.0 Å². The molecule has 0 spiro atoms. The highest BCUT2D eigenvalue weighted by Crippen LogP contribution is 2.35. The Morgan fingerprint density at radius 3 is 2.42 bits per heavy atom. The number of anilines is 2. The van der Waals surface area contributed by atoms with Crippen molar-refractivity contribution in [1.82, 2.24) is 0 Å². The molecule has 1 N–H and O–H groups in total. The molecule has 0 heterocycles. The number of amides is 1. The molecular formula is C28H25BrN2O4S. The number of nitrogens with zero attached hydrogens (tertiary/aromatic N) is 1. The van der Waals surface area contributed by atoms with Crippen LogP contribution in [0.4, 0.5) is 11.4 Å². The van der Waals surface area contributed by atoms with E-state index in [1.54, 1.807) is 18.2 Å². The Morgan fingerprint density at radius 1 is 1.00 bits per heavy atom. The van der Waals surface area contributed by atoms with E-state index in [0.29, 0.717) is 21.6 Å². The molecule has 0 aliphatic heterocycles. The molecule has 0 atom stereocenters. The summed E-state index contributed by atoms with van der Waals surface area (Å²) in [6.45, 7) is 1.55. The van der Waals surface area contributed by atoms with Gasteiger partial charge in [-0.3, -0.25) is 9.10 Å². The van der Waals surface area contributed by atoms with Crippen molar-refractivity contribution in [3.8, 4) is 5.75 Å². The van der Waals surface area contributed by atoms with Crippen molar-refractivity contribution in [2.24, 2.45) is 0 Å². The molecule has 0 radical (unpaired) electrons. The van der Waals surface area contributed by atoms with Gasteiger partial charge in [-0.2, -0.15) is 0 Å². The van der Waals surface area contributed by atoms with Crippen LogP contribution in [-0.2, 0) is 27.7 Å². The van der Waals surface area contributed by atoms with Crippen molar-refractivity contribution in [3.05, 3.63) is 94.0 Å². The van der Waals surface area contributed by atoms with Gasteiger partial charge in [0.05, 0.1) is 22.2 Å². The number of methoxy groups -OCH3 is 1. The monoisotopic (exact) mass is 564 g/mol. The van der Waals surface area contributed by atoms with E-state index < -0.39 is 15.9 Å². The number of ether oxygens (including phenoxy) is 1. The molecule has 0 bridgehead atoms. The first-order chi connectivity index (χ1) is 17.3. The molecule has 6 nitrogen and oxygen atoms in total. The molecule has 4 aromatic rings. The third kappa shape index (κ3) is 4.47. The number of aryl methyl sites for hydroxylation is 3. The van der Waals surface area contributed by atoms with Gasteiger partial charge in [0.15, 0.2) is 0 Å². The van der Waals surface area contributed by atoms with Crippen LogP contribution in [0.5, 0.6) is 5.75 Å². The standard InChI is InChI=1S/C28H25BrN2O4S/c1-18-6-11-21(12-7-18)31(36(33,34)22-13-15-26(35-2)24(29)16-22)17-27(32)30-25-14-10-20-9-8-19-4-3-5-23(25)28(19)20/h3-7,10-16H,8-9,17H2,1-2H3,(H,30,32). The second-order valence-corrected chi connectivity index (χ2v) is 11.5. The molecule has 1 aliphatic rings. The summed E-state index contributed by atoms with van der Waals surface area (Å²) in [5.74, 6) is 0.0889. The lowest BCUT2D eigenvalue weighted by Gasteiger charge is -2.24. The SMILES string of the molecule is COc1ccc(S(=O)(=O)N(CC(=O)Nc2ccc3c4c(cccc24)CC3)c2ccc(C)cc2)cc1Br. The first-order valence-electron chi connectivity index (χ1n) is 11.5. The molecule has 0 saturated carbocycles. The molecule has 184 valence electrons. The quantitative estimate of drug-likeness (QED) is 0.305. The number of sulfonamides is 1. The maximum atomic E-state index is 13.8. The number of rotatable bonds is 7. The van der Waals surface area contributed by atoms with Crippen LogP contribution in [0.15, 0.2) is 82.2 Å². The molecule has 5 rings (SSSR count). The van der Waals surface area contributed by atoms with E-state index in [-0.39, 0.29) is 11.4 Å². The number of halogens is 1. The number of nitrogens with one attached hydrogen (secondary N) is 1. The second-order valence-electron chi connectivity index (χ2n) is 8.80. The lowest BCUT2D eigenvalue weighted by atomic mass is 10.0. The zero-order valence-corrected chi connectivity index (χ0v) is 22.3. The maximum absolute atomic E-state index is 13.8. The summed E-state index contributed by atoms with van der Waals surface area (Å²) < 4.78 is 34.4. The molecule has 0 fully saturated rings. The third-order valence-electron chi connectivity index (χ3n) is 6.47. The van der Waals surface area contributed by atoms with E-state index >= 15 is 0 Å². The largest absolute Gasteiger partial charge is 0.496 e. The second kappa shape index (κ2) is 9.59. The van der Waals surface area contributed by atoms with Crippen molar-refractivity contribution in [1.29, 1.82) is 0 Å². The van der Waals surface area contributed by atoms with Crippen molar-refractivity contribution in [2.45, 2.75) is 24.7 Å². The van der Waals surface area contributed by atoms with Crippen LogP contribution in [0.1, 0.15) is 16.7 Å². The van der Waals surface area contributed by atoms with Crippen molar-refractivity contribution in [2.75, 3.05) is 23.3 Å². The van der Waals surface area contributed by atoms with Gasteiger partial charge in [0.1, 0.15) is 12.3 Å². The van der Waals surface area contributed by atoms with Gasteiger partial charge in [-0.05, 0) is 88.6 Å². The normalized spacial score (nSPS) is 12.5. The summed E-state index contributed by atoms with van der Waals surface area (Å²) in [7, 11) is -2.55. The Labute approximate surface area is 219 Å². The van der Waals surface area contributed by atoms with E-state index in [2.05, 4.69) is 27.3 Å². The molecule has 1 aliphatic carbocycles. The Balaban J connectivity index is 1.49. The molecule has 0 saturated heterocycles. The minimum absolute atomic E-state index is 0.0499. The first kappa shape index (κ1) is 24.3. The van der Waals surface area contributed by atoms with Gasteiger partial charge in [-0.15, -0.1) is 0 Å². The van der Waals surface area contributed by atoms with E-state index in [0.717, 1.165) is 28.1 Å². The predicted molar refractivity (Wildman–Crippen MR) is 146 cm³/mol. The lowest BCUT2D eigenvalue weighted by molar-refractivity contribution is -0.114. The van der Waals surface area contributed by atoms with Gasteiger partial charge in [0, 0.05) is 11.1 Å². The highest BCUT2D eigenvalue weighted by molar-refractivity contribution is 9.10. The Hall–Kier alpha value is -3.36. The molecule has 36 heavy (non-hydrogen) atoms. The lowest BCUT2D eigenvalue weighted by Crippen LogP contribution is -2.38. The molecule has 1 amide bonds. The molecule has 0 aromatic heterocycles. The first-order valence-corrected chi connectivity index (χ1v) is 13.8. The van der Waals surface area contributed by atoms with Gasteiger partial charge in [-0.25, -0.2) is 8.42 Å². The summed E-state index contributed by atoms with van der Waals surface area (Å²) in [5, 5.41) is 5.11. The number of carbonyl (C=O) groups is 1. The summed E-state index contributed by atoms with van der Waals surface area (Å²) >= 11 is 3.36. The van der Waals surface area contributed by atoms with Crippen LogP contribution in [-0.4, -0.2) is 28.0 Å². The van der Waals surface area contributed by atoms with Crippen LogP contribution < -0.4 is 14.4 Å². The molecule has 8 heteroatoms. The number of hydrogen-bond donors (Lipinski definition) is 1. The fraction of sp³-hybridized carbons (Fsp3) is 0.179. The smallest absolute Gasteiger partial charge is 0.264 e. The van der Waals surface area contributed by atoms with Crippen LogP contribution in [0.25, 0.3) is 10.8 Å². The average molecular weight is 565 g/mol. The number of benzene rings is 4. The van der Waals surface area contributed by atoms with Crippen LogP contribution in [0.3, 0.4) is 0 Å². The van der Waals surface area contributed by atoms with E-state index in [1.165, 1.54) is 35.8 Å².